The third-order valence-corrected chi connectivity index (χ3v) is 11.0. The first-order chi connectivity index (χ1) is 19.9. The van der Waals surface area contributed by atoms with Gasteiger partial charge in [-0.3, -0.25) is 9.10 Å². The van der Waals surface area contributed by atoms with Crippen LogP contribution in [0.2, 0.25) is 10.0 Å². The van der Waals surface area contributed by atoms with Crippen molar-refractivity contribution in [2.24, 2.45) is 0 Å². The lowest BCUT2D eigenvalue weighted by Gasteiger charge is -2.23. The number of hydrogen-bond acceptors (Lipinski definition) is 5. The summed E-state index contributed by atoms with van der Waals surface area (Å²) in [6, 6.07) is 24.1. The summed E-state index contributed by atoms with van der Waals surface area (Å²) in [6.45, 7) is 1.65. The summed E-state index contributed by atoms with van der Waals surface area (Å²) >= 11 is 11.9. The van der Waals surface area contributed by atoms with E-state index >= 15 is 0 Å². The van der Waals surface area contributed by atoms with Gasteiger partial charge in [-0.2, -0.15) is 4.31 Å². The van der Waals surface area contributed by atoms with Gasteiger partial charge in [-0.05, 0) is 85.1 Å². The quantitative estimate of drug-likeness (QED) is 0.245. The molecule has 0 atom stereocenters. The van der Waals surface area contributed by atoms with Crippen LogP contribution in [0.3, 0.4) is 0 Å². The zero-order valence-electron chi connectivity index (χ0n) is 22.5. The van der Waals surface area contributed by atoms with Crippen molar-refractivity contribution in [1.82, 2.24) is 4.31 Å². The summed E-state index contributed by atoms with van der Waals surface area (Å²) in [4.78, 5) is 13.4. The number of carbonyl (C=O) groups is 1. The minimum absolute atomic E-state index is 0.00734. The number of nitrogens with one attached hydrogen (secondary N) is 1. The fraction of sp³-hybridized carbons (Fsp3) is 0.167. The predicted molar refractivity (Wildman–Crippen MR) is 165 cm³/mol. The van der Waals surface area contributed by atoms with E-state index in [1.807, 2.05) is 25.1 Å². The first-order valence-electron chi connectivity index (χ1n) is 13.0. The van der Waals surface area contributed by atoms with Crippen LogP contribution >= 0.6 is 23.2 Å². The Balaban J connectivity index is 1.39. The van der Waals surface area contributed by atoms with E-state index in [0.717, 1.165) is 21.0 Å². The highest BCUT2D eigenvalue weighted by Crippen LogP contribution is 2.35. The number of halogens is 2. The van der Waals surface area contributed by atoms with E-state index in [1.165, 1.54) is 52.8 Å². The predicted octanol–water partition coefficient (Wildman–Crippen LogP) is 5.88. The molecule has 0 radical (unpaired) electrons. The van der Waals surface area contributed by atoms with Gasteiger partial charge in [0, 0.05) is 28.8 Å². The van der Waals surface area contributed by atoms with Crippen molar-refractivity contribution in [2.45, 2.75) is 29.7 Å². The third-order valence-electron chi connectivity index (χ3n) is 6.84. The van der Waals surface area contributed by atoms with Crippen molar-refractivity contribution >= 4 is 60.5 Å². The number of rotatable bonds is 9. The van der Waals surface area contributed by atoms with E-state index in [9.17, 15) is 21.6 Å². The molecule has 0 aliphatic carbocycles. The third kappa shape index (κ3) is 6.48. The number of nitrogens with zero attached hydrogens (tertiary/aromatic N) is 2. The topological polar surface area (TPSA) is 104 Å². The van der Waals surface area contributed by atoms with Crippen LogP contribution in [-0.4, -0.2) is 40.1 Å². The fourth-order valence-electron chi connectivity index (χ4n) is 4.77. The highest BCUT2D eigenvalue weighted by Gasteiger charge is 2.32. The average molecular weight is 645 g/mol. The Bertz CT molecular complexity index is 1850. The van der Waals surface area contributed by atoms with Crippen molar-refractivity contribution in [3.05, 3.63) is 118 Å². The molecule has 0 saturated heterocycles. The number of benzene rings is 4. The zero-order chi connectivity index (χ0) is 30.1. The second-order valence-electron chi connectivity index (χ2n) is 9.89. The van der Waals surface area contributed by atoms with Crippen LogP contribution in [0.5, 0.6) is 0 Å². The molecule has 218 valence electrons. The van der Waals surface area contributed by atoms with Crippen LogP contribution in [0.1, 0.15) is 16.7 Å². The number of hydrogen-bond donors (Lipinski definition) is 1. The van der Waals surface area contributed by atoms with E-state index in [-0.39, 0.29) is 22.9 Å². The Kier molecular flexibility index (Phi) is 8.63. The molecule has 0 unspecified atom stereocenters. The van der Waals surface area contributed by atoms with Gasteiger partial charge >= 0.3 is 0 Å². The van der Waals surface area contributed by atoms with E-state index in [0.29, 0.717) is 27.8 Å². The Morgan fingerprint density at radius 1 is 0.857 bits per heavy atom. The number of fused-ring (bicyclic) bond motifs is 1. The van der Waals surface area contributed by atoms with Crippen molar-refractivity contribution in [3.8, 4) is 0 Å². The number of aryl methyl sites for hydroxylation is 1. The van der Waals surface area contributed by atoms with Crippen molar-refractivity contribution in [3.63, 3.8) is 0 Å². The van der Waals surface area contributed by atoms with Gasteiger partial charge in [0.1, 0.15) is 0 Å². The van der Waals surface area contributed by atoms with E-state index in [1.54, 1.807) is 24.3 Å². The Labute approximate surface area is 255 Å². The highest BCUT2D eigenvalue weighted by molar-refractivity contribution is 7.92. The summed E-state index contributed by atoms with van der Waals surface area (Å²) in [5, 5.41) is 3.56. The maximum Gasteiger partial charge on any atom is 0.264 e. The van der Waals surface area contributed by atoms with Crippen molar-refractivity contribution < 1.29 is 21.6 Å². The van der Waals surface area contributed by atoms with Crippen LogP contribution in [-0.2, 0) is 37.8 Å². The van der Waals surface area contributed by atoms with Crippen molar-refractivity contribution in [2.75, 3.05) is 22.7 Å². The van der Waals surface area contributed by atoms with Crippen LogP contribution in [0.4, 0.5) is 11.4 Å². The lowest BCUT2D eigenvalue weighted by Crippen LogP contribution is -2.37. The molecular weight excluding hydrogens is 617 g/mol. The Morgan fingerprint density at radius 2 is 1.50 bits per heavy atom. The monoisotopic (exact) mass is 643 g/mol. The lowest BCUT2D eigenvalue weighted by atomic mass is 10.1. The normalized spacial score (nSPS) is 13.3. The van der Waals surface area contributed by atoms with Gasteiger partial charge in [0.2, 0.25) is 15.9 Å². The van der Waals surface area contributed by atoms with E-state index in [2.05, 4.69) is 5.32 Å². The highest BCUT2D eigenvalue weighted by atomic mass is 35.5. The molecule has 8 nitrogen and oxygen atoms in total. The Morgan fingerprint density at radius 3 is 2.14 bits per heavy atom. The minimum Gasteiger partial charge on any atom is -0.325 e. The maximum absolute atomic E-state index is 13.6. The minimum atomic E-state index is -4.07. The summed E-state index contributed by atoms with van der Waals surface area (Å²) in [7, 11) is -7.93. The SMILES string of the molecule is Cc1cccc(CN(CC(=O)Nc2ccc3c(c2)N(S(=O)(=O)c2ccc(Cl)cc2)CC3)S(=O)(=O)c2ccc(Cl)cc2)c1. The van der Waals surface area contributed by atoms with Crippen molar-refractivity contribution in [1.29, 1.82) is 0 Å². The molecule has 0 spiro atoms. The average Bonchev–Trinajstić information content (AvgIpc) is 3.37. The molecule has 0 bridgehead atoms. The lowest BCUT2D eigenvalue weighted by molar-refractivity contribution is -0.116. The van der Waals surface area contributed by atoms with E-state index in [4.69, 9.17) is 23.2 Å². The molecule has 4 aromatic rings. The summed E-state index contributed by atoms with van der Waals surface area (Å²) in [5.41, 5.74) is 3.29. The Hall–Kier alpha value is -3.41. The molecule has 1 aliphatic rings. The zero-order valence-corrected chi connectivity index (χ0v) is 25.6. The second kappa shape index (κ2) is 12.1. The standard InChI is InChI=1S/C30H27Cl2N3O5S2/c1-21-3-2-4-22(17-21)19-34(41(37,38)27-11-6-24(31)7-12-27)20-30(36)33-26-10-5-23-15-16-35(29(23)18-26)42(39,40)28-13-8-25(32)9-14-28/h2-14,17-18H,15-16,19-20H2,1H3,(H,33,36). The number of amides is 1. The number of anilines is 2. The molecule has 0 aromatic heterocycles. The van der Waals surface area contributed by atoms with Gasteiger partial charge in [-0.15, -0.1) is 0 Å². The molecule has 1 amide bonds. The van der Waals surface area contributed by atoms with Crippen LogP contribution in [0, 0.1) is 6.92 Å². The smallest absolute Gasteiger partial charge is 0.264 e. The molecule has 12 heteroatoms. The number of sulfonamides is 2. The largest absolute Gasteiger partial charge is 0.325 e. The van der Waals surface area contributed by atoms with Gasteiger partial charge in [-0.1, -0.05) is 59.1 Å². The van der Waals surface area contributed by atoms with Crippen LogP contribution in [0.15, 0.2) is 101 Å². The molecule has 1 N–H and O–H groups in total. The van der Waals surface area contributed by atoms with E-state index < -0.39 is 32.5 Å². The van der Waals surface area contributed by atoms with Crippen LogP contribution in [0.25, 0.3) is 0 Å². The van der Waals surface area contributed by atoms with Gasteiger partial charge in [0.25, 0.3) is 10.0 Å². The molecular formula is C30H27Cl2N3O5S2. The first-order valence-corrected chi connectivity index (χ1v) is 16.6. The maximum atomic E-state index is 13.6. The summed E-state index contributed by atoms with van der Waals surface area (Å²) in [5.74, 6) is -0.578. The summed E-state index contributed by atoms with van der Waals surface area (Å²) < 4.78 is 56.3. The summed E-state index contributed by atoms with van der Waals surface area (Å²) in [6.07, 6.45) is 0.514. The molecule has 1 heterocycles. The molecule has 0 saturated carbocycles. The van der Waals surface area contributed by atoms with Gasteiger partial charge in [0.15, 0.2) is 0 Å². The number of carbonyl (C=O) groups excluding carboxylic acids is 1. The first kappa shape index (κ1) is 30.1. The molecule has 4 aromatic carbocycles. The second-order valence-corrected chi connectivity index (χ2v) is 14.6. The molecule has 5 rings (SSSR count). The molecule has 42 heavy (non-hydrogen) atoms. The van der Waals surface area contributed by atoms with Crippen LogP contribution < -0.4 is 9.62 Å². The van der Waals surface area contributed by atoms with Gasteiger partial charge < -0.3 is 5.32 Å². The molecule has 0 fully saturated rings. The van der Waals surface area contributed by atoms with Gasteiger partial charge in [0.05, 0.1) is 22.0 Å². The molecule has 1 aliphatic heterocycles. The van der Waals surface area contributed by atoms with Gasteiger partial charge in [-0.25, -0.2) is 16.8 Å². The fourth-order valence-corrected chi connectivity index (χ4v) is 7.90.